The Bertz CT molecular complexity index is 499. The number of rotatable bonds is 11. The van der Waals surface area contributed by atoms with E-state index in [9.17, 15) is 0 Å². The molecule has 24 heavy (non-hydrogen) atoms. The molecule has 0 amide bonds. The van der Waals surface area contributed by atoms with Crippen molar-refractivity contribution in [2.75, 3.05) is 26.3 Å². The van der Waals surface area contributed by atoms with Crippen LogP contribution in [0.2, 0.25) is 0 Å². The summed E-state index contributed by atoms with van der Waals surface area (Å²) in [7, 11) is 0. The summed E-state index contributed by atoms with van der Waals surface area (Å²) >= 11 is 0. The highest BCUT2D eigenvalue weighted by Gasteiger charge is 2.14. The van der Waals surface area contributed by atoms with Gasteiger partial charge in [0.05, 0.1) is 0 Å². The van der Waals surface area contributed by atoms with Crippen LogP contribution in [0.25, 0.3) is 0 Å². The smallest absolute Gasteiger partial charge is 0.169 e. The lowest BCUT2D eigenvalue weighted by Gasteiger charge is -2.20. The van der Waals surface area contributed by atoms with Crippen molar-refractivity contribution in [2.24, 2.45) is 0 Å². The van der Waals surface area contributed by atoms with Crippen LogP contribution in [-0.2, 0) is 9.47 Å². The van der Waals surface area contributed by atoms with E-state index in [0.717, 1.165) is 19.5 Å². The van der Waals surface area contributed by atoms with E-state index in [2.05, 4.69) is 66.0 Å². The molecule has 130 valence electrons. The molecule has 2 aromatic rings. The first-order valence-electron chi connectivity index (χ1n) is 8.89. The number of hydrogen-bond acceptors (Lipinski definition) is 3. The van der Waals surface area contributed by atoms with Gasteiger partial charge in [0.1, 0.15) is 0 Å². The molecular weight excluding hydrogens is 298 g/mol. The molecule has 0 atom stereocenters. The van der Waals surface area contributed by atoms with Crippen LogP contribution in [0.15, 0.2) is 60.7 Å². The molecular formula is C21H29NO2. The van der Waals surface area contributed by atoms with Gasteiger partial charge in [0.25, 0.3) is 0 Å². The molecule has 0 saturated carbocycles. The fourth-order valence-corrected chi connectivity index (χ4v) is 2.90. The Hall–Kier alpha value is -1.68. The van der Waals surface area contributed by atoms with E-state index in [1.165, 1.54) is 11.1 Å². The third-order valence-electron chi connectivity index (χ3n) is 4.03. The number of benzene rings is 2. The average Bonchev–Trinajstić information content (AvgIpc) is 2.63. The lowest BCUT2D eigenvalue weighted by Crippen LogP contribution is -2.32. The molecule has 0 aliphatic carbocycles. The Kier molecular flexibility index (Phi) is 8.53. The van der Waals surface area contributed by atoms with Gasteiger partial charge in [0, 0.05) is 25.7 Å². The topological polar surface area (TPSA) is 30.5 Å². The molecule has 0 heterocycles. The van der Waals surface area contributed by atoms with Crippen molar-refractivity contribution in [1.29, 1.82) is 0 Å². The van der Waals surface area contributed by atoms with E-state index in [1.54, 1.807) is 0 Å². The van der Waals surface area contributed by atoms with Crippen molar-refractivity contribution in [1.82, 2.24) is 5.32 Å². The van der Waals surface area contributed by atoms with Crippen LogP contribution in [0.1, 0.15) is 37.3 Å². The maximum Gasteiger partial charge on any atom is 0.169 e. The molecule has 0 fully saturated rings. The van der Waals surface area contributed by atoms with Crippen molar-refractivity contribution in [3.05, 3.63) is 71.8 Å². The Balaban J connectivity index is 1.92. The van der Waals surface area contributed by atoms with Gasteiger partial charge >= 0.3 is 0 Å². The minimum atomic E-state index is -0.160. The summed E-state index contributed by atoms with van der Waals surface area (Å²) in [4.78, 5) is 0. The zero-order valence-electron chi connectivity index (χ0n) is 14.8. The van der Waals surface area contributed by atoms with Crippen molar-refractivity contribution >= 4 is 0 Å². The molecule has 2 rings (SSSR count). The lowest BCUT2D eigenvalue weighted by molar-refractivity contribution is -0.132. The second kappa shape index (κ2) is 11.0. The molecule has 0 aliphatic heterocycles. The second-order valence-corrected chi connectivity index (χ2v) is 5.71. The van der Waals surface area contributed by atoms with Gasteiger partial charge in [-0.05, 0) is 37.9 Å². The van der Waals surface area contributed by atoms with Crippen LogP contribution in [0.3, 0.4) is 0 Å². The summed E-state index contributed by atoms with van der Waals surface area (Å²) in [6.45, 7) is 6.97. The molecule has 0 aliphatic rings. The quantitative estimate of drug-likeness (QED) is 0.496. The van der Waals surface area contributed by atoms with E-state index in [4.69, 9.17) is 9.47 Å². The van der Waals surface area contributed by atoms with Crippen molar-refractivity contribution < 1.29 is 9.47 Å². The van der Waals surface area contributed by atoms with Crippen molar-refractivity contribution in [3.63, 3.8) is 0 Å². The van der Waals surface area contributed by atoms with Gasteiger partial charge < -0.3 is 14.8 Å². The zero-order chi connectivity index (χ0) is 17.0. The second-order valence-electron chi connectivity index (χ2n) is 5.71. The Labute approximate surface area is 146 Å². The first-order chi connectivity index (χ1) is 11.8. The zero-order valence-corrected chi connectivity index (χ0v) is 14.8. The first kappa shape index (κ1) is 18.7. The molecule has 0 saturated heterocycles. The first-order valence-corrected chi connectivity index (χ1v) is 8.89. The van der Waals surface area contributed by atoms with Crippen LogP contribution in [0.4, 0.5) is 0 Å². The fraction of sp³-hybridized carbons (Fsp3) is 0.429. The maximum absolute atomic E-state index is 5.57. The monoisotopic (exact) mass is 327 g/mol. The van der Waals surface area contributed by atoms with E-state index < -0.39 is 0 Å². The van der Waals surface area contributed by atoms with Crippen LogP contribution in [0, 0.1) is 0 Å². The summed E-state index contributed by atoms with van der Waals surface area (Å²) in [6, 6.07) is 21.4. The summed E-state index contributed by atoms with van der Waals surface area (Å²) < 4.78 is 11.1. The third-order valence-corrected chi connectivity index (χ3v) is 4.03. The van der Waals surface area contributed by atoms with Crippen molar-refractivity contribution in [2.45, 2.75) is 32.5 Å². The van der Waals surface area contributed by atoms with Gasteiger partial charge in [-0.2, -0.15) is 0 Å². The molecule has 1 N–H and O–H groups in total. The third kappa shape index (κ3) is 6.08. The predicted molar refractivity (Wildman–Crippen MR) is 99.3 cm³/mol. The summed E-state index contributed by atoms with van der Waals surface area (Å²) in [5.41, 5.74) is 2.72. The van der Waals surface area contributed by atoms with Gasteiger partial charge in [-0.15, -0.1) is 0 Å². The lowest BCUT2D eigenvalue weighted by atomic mass is 9.88. The molecule has 0 aromatic heterocycles. The van der Waals surface area contributed by atoms with Gasteiger partial charge in [-0.1, -0.05) is 60.7 Å². The Morgan fingerprint density at radius 2 is 1.29 bits per heavy atom. The van der Waals surface area contributed by atoms with Crippen LogP contribution >= 0.6 is 0 Å². The van der Waals surface area contributed by atoms with Gasteiger partial charge in [-0.3, -0.25) is 0 Å². The molecule has 0 unspecified atom stereocenters. The highest BCUT2D eigenvalue weighted by atomic mass is 16.7. The number of nitrogens with one attached hydrogen (secondary N) is 1. The molecule has 0 bridgehead atoms. The highest BCUT2D eigenvalue weighted by Crippen LogP contribution is 2.27. The average molecular weight is 327 g/mol. The van der Waals surface area contributed by atoms with E-state index in [-0.39, 0.29) is 6.29 Å². The van der Waals surface area contributed by atoms with E-state index in [0.29, 0.717) is 19.1 Å². The predicted octanol–water partition coefficient (Wildman–Crippen LogP) is 4.20. The van der Waals surface area contributed by atoms with Crippen LogP contribution < -0.4 is 5.32 Å². The highest BCUT2D eigenvalue weighted by molar-refractivity contribution is 5.32. The number of hydrogen-bond donors (Lipinski definition) is 1. The van der Waals surface area contributed by atoms with Crippen LogP contribution in [0.5, 0.6) is 0 Å². The molecule has 3 heteroatoms. The molecule has 2 aromatic carbocycles. The standard InChI is InChI=1S/C21H29NO2/c1-3-23-21(24-4-2)17-22-16-15-20(18-11-7-5-8-12-18)19-13-9-6-10-14-19/h5-14,20-22H,3-4,15-17H2,1-2H3. The SMILES string of the molecule is CCOC(CNCCC(c1ccccc1)c1ccccc1)OCC. The van der Waals surface area contributed by atoms with Gasteiger partial charge in [0.2, 0.25) is 0 Å². The molecule has 0 spiro atoms. The van der Waals surface area contributed by atoms with Crippen molar-refractivity contribution in [3.8, 4) is 0 Å². The normalized spacial score (nSPS) is 11.3. The fourth-order valence-electron chi connectivity index (χ4n) is 2.90. The Morgan fingerprint density at radius 1 is 0.792 bits per heavy atom. The van der Waals surface area contributed by atoms with E-state index >= 15 is 0 Å². The minimum absolute atomic E-state index is 0.160. The van der Waals surface area contributed by atoms with Gasteiger partial charge in [-0.25, -0.2) is 0 Å². The molecule has 0 radical (unpaired) electrons. The minimum Gasteiger partial charge on any atom is -0.352 e. The number of ether oxygens (including phenoxy) is 2. The summed E-state index contributed by atoms with van der Waals surface area (Å²) in [5, 5.41) is 3.48. The summed E-state index contributed by atoms with van der Waals surface area (Å²) in [6.07, 6.45) is 0.880. The van der Waals surface area contributed by atoms with Gasteiger partial charge in [0.15, 0.2) is 6.29 Å². The maximum atomic E-state index is 5.57. The Morgan fingerprint density at radius 3 is 1.75 bits per heavy atom. The van der Waals surface area contributed by atoms with E-state index in [1.807, 2.05) is 13.8 Å². The largest absolute Gasteiger partial charge is 0.352 e. The van der Waals surface area contributed by atoms with Crippen LogP contribution in [-0.4, -0.2) is 32.6 Å². The molecule has 3 nitrogen and oxygen atoms in total. The summed E-state index contributed by atoms with van der Waals surface area (Å²) in [5.74, 6) is 0.400.